The predicted molar refractivity (Wildman–Crippen MR) is 176 cm³/mol. The van der Waals surface area contributed by atoms with E-state index in [2.05, 4.69) is 57.4 Å². The van der Waals surface area contributed by atoms with Gasteiger partial charge in [0.15, 0.2) is 0 Å². The molecule has 0 atom stereocenters. The molecular weight excluding hydrogens is 558 g/mol. The van der Waals surface area contributed by atoms with Crippen molar-refractivity contribution in [1.29, 1.82) is 0 Å². The van der Waals surface area contributed by atoms with Gasteiger partial charge in [0.25, 0.3) is 5.56 Å². The third-order valence-electron chi connectivity index (χ3n) is 8.28. The van der Waals surface area contributed by atoms with E-state index in [-0.39, 0.29) is 5.56 Å². The lowest BCUT2D eigenvalue weighted by atomic mass is 10.1. The van der Waals surface area contributed by atoms with E-state index in [0.717, 1.165) is 91.2 Å². The van der Waals surface area contributed by atoms with E-state index in [4.69, 9.17) is 13.9 Å². The number of nitrogens with zero attached hydrogens (tertiary/aromatic N) is 3. The summed E-state index contributed by atoms with van der Waals surface area (Å²) in [5, 5.41) is 4.81. The van der Waals surface area contributed by atoms with Gasteiger partial charge in [-0.15, -0.1) is 0 Å². The van der Waals surface area contributed by atoms with Crippen molar-refractivity contribution in [3.8, 4) is 11.3 Å². The standard InChI is InChI=1S/C34H41N5O3S/c1-3-15-38(16-13-24-4-5-24)23-27-7-6-25(22-31(27)43-41-2)30-21-26-12-14-35-34(40)32(26)33(37-30)36-28-8-10-29(11-9-28)39-17-19-42-20-18-39/h6-12,14,21-22,24H,3-5,13,15-20,23H2,1-2H3,(H,35,40)(H,36,37). The molecule has 1 saturated carbocycles. The van der Waals surface area contributed by atoms with Gasteiger partial charge in [-0.1, -0.05) is 31.9 Å². The SMILES string of the molecule is CCCN(CCC1CC1)Cc1ccc(-c2cc3cc[nH]c(=O)c3c(Nc3ccc(N4CCOCC4)cc3)n2)cc1SOC. The summed E-state index contributed by atoms with van der Waals surface area (Å²) >= 11 is 1.40. The first-order valence-electron chi connectivity index (χ1n) is 15.4. The number of anilines is 3. The van der Waals surface area contributed by atoms with Crippen LogP contribution in [0.15, 0.2) is 70.5 Å². The molecule has 1 aliphatic heterocycles. The van der Waals surface area contributed by atoms with Gasteiger partial charge in [0.05, 0.1) is 31.4 Å². The second kappa shape index (κ2) is 13.9. The Labute approximate surface area is 258 Å². The van der Waals surface area contributed by atoms with Crippen LogP contribution < -0.4 is 15.8 Å². The van der Waals surface area contributed by atoms with Gasteiger partial charge < -0.3 is 24.1 Å². The van der Waals surface area contributed by atoms with Crippen molar-refractivity contribution < 1.29 is 8.92 Å². The molecule has 0 radical (unpaired) electrons. The highest BCUT2D eigenvalue weighted by atomic mass is 32.2. The van der Waals surface area contributed by atoms with Crippen LogP contribution in [0.3, 0.4) is 0 Å². The molecule has 0 unspecified atom stereocenters. The normalized spacial score (nSPS) is 15.4. The quantitative estimate of drug-likeness (QED) is 0.162. The van der Waals surface area contributed by atoms with Gasteiger partial charge in [0.1, 0.15) is 5.82 Å². The number of aromatic nitrogens is 2. The number of morpholine rings is 1. The summed E-state index contributed by atoms with van der Waals surface area (Å²) in [6, 6.07) is 18.7. The van der Waals surface area contributed by atoms with E-state index in [1.54, 1.807) is 13.3 Å². The highest BCUT2D eigenvalue weighted by molar-refractivity contribution is 7.94. The van der Waals surface area contributed by atoms with Gasteiger partial charge in [-0.3, -0.25) is 9.69 Å². The molecule has 2 aromatic heterocycles. The number of aromatic amines is 1. The highest BCUT2D eigenvalue weighted by Crippen LogP contribution is 2.35. The van der Waals surface area contributed by atoms with Crippen LogP contribution in [0, 0.1) is 5.92 Å². The molecule has 1 aliphatic carbocycles. The maximum Gasteiger partial charge on any atom is 0.259 e. The van der Waals surface area contributed by atoms with E-state index in [1.807, 2.05) is 24.3 Å². The topological polar surface area (TPSA) is 82.7 Å². The molecule has 4 aromatic rings. The van der Waals surface area contributed by atoms with Crippen LogP contribution in [0.1, 0.15) is 38.2 Å². The fourth-order valence-corrected chi connectivity index (χ4v) is 6.37. The van der Waals surface area contributed by atoms with Gasteiger partial charge >= 0.3 is 0 Å². The number of H-pyrrole nitrogens is 1. The van der Waals surface area contributed by atoms with E-state index in [0.29, 0.717) is 11.2 Å². The molecule has 0 spiro atoms. The summed E-state index contributed by atoms with van der Waals surface area (Å²) in [6.45, 7) is 8.64. The Balaban J connectivity index is 1.29. The van der Waals surface area contributed by atoms with Crippen LogP contribution in [-0.4, -0.2) is 61.4 Å². The number of nitrogens with one attached hydrogen (secondary N) is 2. The smallest absolute Gasteiger partial charge is 0.259 e. The fourth-order valence-electron chi connectivity index (χ4n) is 5.78. The number of benzene rings is 2. The van der Waals surface area contributed by atoms with Gasteiger partial charge in [-0.05, 0) is 85.3 Å². The van der Waals surface area contributed by atoms with E-state index >= 15 is 0 Å². The van der Waals surface area contributed by atoms with Crippen molar-refractivity contribution in [1.82, 2.24) is 14.9 Å². The van der Waals surface area contributed by atoms with Crippen molar-refractivity contribution >= 4 is 40.0 Å². The summed E-state index contributed by atoms with van der Waals surface area (Å²) in [6.07, 6.45) is 6.90. The lowest BCUT2D eigenvalue weighted by Gasteiger charge is -2.28. The number of hydrogen-bond donors (Lipinski definition) is 2. The molecule has 0 amide bonds. The minimum atomic E-state index is -0.169. The third kappa shape index (κ3) is 7.41. The average molecular weight is 600 g/mol. The van der Waals surface area contributed by atoms with E-state index in [1.165, 1.54) is 36.9 Å². The summed E-state index contributed by atoms with van der Waals surface area (Å²) in [5.41, 5.74) is 4.91. The minimum absolute atomic E-state index is 0.169. The molecule has 0 bridgehead atoms. The van der Waals surface area contributed by atoms with Crippen molar-refractivity contribution in [3.05, 3.63) is 76.7 Å². The Morgan fingerprint density at radius 3 is 2.65 bits per heavy atom. The fraction of sp³-hybridized carbons (Fsp3) is 0.412. The summed E-state index contributed by atoms with van der Waals surface area (Å²) in [4.78, 5) is 26.8. The van der Waals surface area contributed by atoms with Crippen molar-refractivity contribution in [3.63, 3.8) is 0 Å². The van der Waals surface area contributed by atoms with Gasteiger partial charge in [0.2, 0.25) is 0 Å². The highest BCUT2D eigenvalue weighted by Gasteiger charge is 2.22. The maximum absolute atomic E-state index is 13.0. The van der Waals surface area contributed by atoms with Gasteiger partial charge in [-0.25, -0.2) is 4.98 Å². The van der Waals surface area contributed by atoms with E-state index < -0.39 is 0 Å². The minimum Gasteiger partial charge on any atom is -0.378 e. The lowest BCUT2D eigenvalue weighted by molar-refractivity contribution is 0.122. The first-order valence-corrected chi connectivity index (χ1v) is 16.1. The van der Waals surface area contributed by atoms with Gasteiger partial charge in [0, 0.05) is 59.7 Å². The Hall–Kier alpha value is -3.37. The Morgan fingerprint density at radius 2 is 1.91 bits per heavy atom. The molecule has 2 fully saturated rings. The molecule has 9 heteroatoms. The van der Waals surface area contributed by atoms with E-state index in [9.17, 15) is 4.79 Å². The zero-order chi connectivity index (χ0) is 29.6. The molecule has 2 aliphatic rings. The lowest BCUT2D eigenvalue weighted by Crippen LogP contribution is -2.36. The number of rotatable bonds is 13. The Bertz CT molecular complexity index is 1580. The zero-order valence-electron chi connectivity index (χ0n) is 25.1. The Morgan fingerprint density at radius 1 is 1.09 bits per heavy atom. The first kappa shape index (κ1) is 29.7. The molecule has 2 aromatic carbocycles. The summed E-state index contributed by atoms with van der Waals surface area (Å²) in [7, 11) is 1.71. The summed E-state index contributed by atoms with van der Waals surface area (Å²) in [5.74, 6) is 1.46. The van der Waals surface area contributed by atoms with Crippen LogP contribution >= 0.6 is 12.0 Å². The summed E-state index contributed by atoms with van der Waals surface area (Å²) < 4.78 is 11.1. The van der Waals surface area contributed by atoms with Gasteiger partial charge in [-0.2, -0.15) is 0 Å². The molecule has 6 rings (SSSR count). The second-order valence-electron chi connectivity index (χ2n) is 11.5. The Kier molecular flexibility index (Phi) is 9.63. The number of ether oxygens (including phenoxy) is 1. The maximum atomic E-state index is 13.0. The van der Waals surface area contributed by atoms with Crippen molar-refractivity contribution in [2.75, 3.05) is 56.7 Å². The molecular formula is C34H41N5O3S. The number of pyridine rings is 2. The van der Waals surface area contributed by atoms with Crippen LogP contribution in [0.4, 0.5) is 17.2 Å². The third-order valence-corrected chi connectivity index (χ3v) is 9.01. The molecule has 1 saturated heterocycles. The van der Waals surface area contributed by atoms with Crippen LogP contribution in [-0.2, 0) is 15.5 Å². The largest absolute Gasteiger partial charge is 0.378 e. The molecule has 8 nitrogen and oxygen atoms in total. The van der Waals surface area contributed by atoms with Crippen molar-refractivity contribution in [2.24, 2.45) is 5.92 Å². The predicted octanol–water partition coefficient (Wildman–Crippen LogP) is 6.84. The number of fused-ring (bicyclic) bond motifs is 1. The zero-order valence-corrected chi connectivity index (χ0v) is 25.9. The first-order chi connectivity index (χ1) is 21.1. The number of hydrogen-bond acceptors (Lipinski definition) is 8. The average Bonchev–Trinajstić information content (AvgIpc) is 3.86. The van der Waals surface area contributed by atoms with Crippen LogP contribution in [0.2, 0.25) is 0 Å². The van der Waals surface area contributed by atoms with Crippen LogP contribution in [0.5, 0.6) is 0 Å². The van der Waals surface area contributed by atoms with Crippen LogP contribution in [0.25, 0.3) is 22.0 Å². The monoisotopic (exact) mass is 599 g/mol. The second-order valence-corrected chi connectivity index (χ2v) is 12.4. The molecule has 2 N–H and O–H groups in total. The molecule has 43 heavy (non-hydrogen) atoms. The molecule has 226 valence electrons. The molecule has 3 heterocycles. The van der Waals surface area contributed by atoms with Crippen molar-refractivity contribution in [2.45, 2.75) is 44.0 Å².